The summed E-state index contributed by atoms with van der Waals surface area (Å²) in [6, 6.07) is 6.78. The van der Waals surface area contributed by atoms with Crippen molar-refractivity contribution in [3.05, 3.63) is 29.3 Å². The molecule has 1 aromatic carbocycles. The third-order valence-corrected chi connectivity index (χ3v) is 3.60. The van der Waals surface area contributed by atoms with Gasteiger partial charge in [0.15, 0.2) is 0 Å². The van der Waals surface area contributed by atoms with Gasteiger partial charge in [0.1, 0.15) is 11.9 Å². The van der Waals surface area contributed by atoms with Crippen molar-refractivity contribution in [1.82, 2.24) is 5.32 Å². The van der Waals surface area contributed by atoms with E-state index in [9.17, 15) is 4.79 Å². The van der Waals surface area contributed by atoms with Crippen molar-refractivity contribution < 1.29 is 9.53 Å². The molecule has 0 aromatic heterocycles. The normalized spacial score (nSPS) is 14.5. The Kier molecular flexibility index (Phi) is 9.42. The van der Waals surface area contributed by atoms with E-state index in [1.54, 1.807) is 12.1 Å². The van der Waals surface area contributed by atoms with Gasteiger partial charge in [-0.25, -0.2) is 0 Å². The molecule has 1 amide bonds. The van der Waals surface area contributed by atoms with Crippen molar-refractivity contribution >= 4 is 29.9 Å². The highest BCUT2D eigenvalue weighted by Crippen LogP contribution is 2.23. The van der Waals surface area contributed by atoms with Crippen molar-refractivity contribution in [2.75, 3.05) is 6.54 Å². The number of carbonyl (C=O) groups excluding carboxylic acids is 1. The standard InChI is InChI=1S/C15H23ClN2O2.ClH/c1-4-10(2)14(17)15(19)18-9-11(3)20-13-8-6-5-7-12(13)16;/h5-8,10-11,14H,4,9,17H2,1-3H3,(H,18,19);1H. The number of para-hydroxylation sites is 1. The Labute approximate surface area is 137 Å². The van der Waals surface area contributed by atoms with Crippen LogP contribution in [0.5, 0.6) is 5.75 Å². The average molecular weight is 335 g/mol. The monoisotopic (exact) mass is 334 g/mol. The number of amides is 1. The van der Waals surface area contributed by atoms with E-state index < -0.39 is 6.04 Å². The molecule has 0 spiro atoms. The van der Waals surface area contributed by atoms with Crippen LogP contribution in [0.25, 0.3) is 0 Å². The van der Waals surface area contributed by atoms with Gasteiger partial charge in [-0.2, -0.15) is 0 Å². The maximum Gasteiger partial charge on any atom is 0.237 e. The topological polar surface area (TPSA) is 64.4 Å². The third-order valence-electron chi connectivity index (χ3n) is 3.29. The Morgan fingerprint density at radius 3 is 2.57 bits per heavy atom. The minimum absolute atomic E-state index is 0. The van der Waals surface area contributed by atoms with E-state index in [0.29, 0.717) is 17.3 Å². The molecule has 0 radical (unpaired) electrons. The molecule has 0 aliphatic rings. The first-order chi connectivity index (χ1) is 9.45. The first-order valence-electron chi connectivity index (χ1n) is 6.90. The fraction of sp³-hybridized carbons (Fsp3) is 0.533. The van der Waals surface area contributed by atoms with E-state index in [0.717, 1.165) is 6.42 Å². The number of ether oxygens (including phenoxy) is 1. The lowest BCUT2D eigenvalue weighted by molar-refractivity contribution is -0.123. The zero-order valence-corrected chi connectivity index (χ0v) is 14.2. The van der Waals surface area contributed by atoms with E-state index in [1.165, 1.54) is 0 Å². The summed E-state index contributed by atoms with van der Waals surface area (Å²) in [7, 11) is 0. The molecule has 1 aromatic rings. The lowest BCUT2D eigenvalue weighted by atomic mass is 9.99. The predicted octanol–water partition coefficient (Wildman–Crippen LogP) is 3.02. The second kappa shape index (κ2) is 9.87. The van der Waals surface area contributed by atoms with Crippen molar-refractivity contribution in [3.8, 4) is 5.75 Å². The highest BCUT2D eigenvalue weighted by atomic mass is 35.5. The van der Waals surface area contributed by atoms with E-state index >= 15 is 0 Å². The fourth-order valence-corrected chi connectivity index (χ4v) is 1.85. The van der Waals surface area contributed by atoms with Crippen molar-refractivity contribution in [3.63, 3.8) is 0 Å². The smallest absolute Gasteiger partial charge is 0.237 e. The number of hydrogen-bond acceptors (Lipinski definition) is 3. The van der Waals surface area contributed by atoms with Crippen LogP contribution in [-0.2, 0) is 4.79 Å². The number of rotatable bonds is 7. The summed E-state index contributed by atoms with van der Waals surface area (Å²) in [4.78, 5) is 11.8. The molecule has 0 heterocycles. The van der Waals surface area contributed by atoms with E-state index in [1.807, 2.05) is 32.9 Å². The number of benzene rings is 1. The number of nitrogens with two attached hydrogens (primary N) is 1. The van der Waals surface area contributed by atoms with Crippen molar-refractivity contribution in [2.24, 2.45) is 11.7 Å². The summed E-state index contributed by atoms with van der Waals surface area (Å²) in [5.74, 6) is 0.630. The lowest BCUT2D eigenvalue weighted by Gasteiger charge is -2.20. The molecule has 0 fully saturated rings. The zero-order valence-electron chi connectivity index (χ0n) is 12.6. The van der Waals surface area contributed by atoms with E-state index in [-0.39, 0.29) is 30.3 Å². The summed E-state index contributed by atoms with van der Waals surface area (Å²) in [5, 5.41) is 3.36. The predicted molar refractivity (Wildman–Crippen MR) is 89.2 cm³/mol. The Hall–Kier alpha value is -0.970. The van der Waals surface area contributed by atoms with Gasteiger partial charge in [0.05, 0.1) is 17.6 Å². The molecule has 1 rings (SSSR count). The fourth-order valence-electron chi connectivity index (χ4n) is 1.67. The molecule has 3 atom stereocenters. The molecule has 3 unspecified atom stereocenters. The maximum absolute atomic E-state index is 11.8. The summed E-state index contributed by atoms with van der Waals surface area (Å²) in [6.45, 7) is 6.25. The molecule has 0 bridgehead atoms. The van der Waals surface area contributed by atoms with Gasteiger partial charge >= 0.3 is 0 Å². The van der Waals surface area contributed by atoms with Gasteiger partial charge in [0.2, 0.25) is 5.91 Å². The molecule has 120 valence electrons. The lowest BCUT2D eigenvalue weighted by Crippen LogP contribution is -2.47. The van der Waals surface area contributed by atoms with Crippen LogP contribution in [-0.4, -0.2) is 24.6 Å². The van der Waals surface area contributed by atoms with Gasteiger partial charge in [-0.1, -0.05) is 44.0 Å². The Bertz CT molecular complexity index is 443. The summed E-state index contributed by atoms with van der Waals surface area (Å²) < 4.78 is 5.67. The SMILES string of the molecule is CCC(C)C(N)C(=O)NCC(C)Oc1ccccc1Cl.Cl. The Morgan fingerprint density at radius 1 is 1.38 bits per heavy atom. The van der Waals surface area contributed by atoms with Gasteiger partial charge in [-0.05, 0) is 25.0 Å². The highest BCUT2D eigenvalue weighted by Gasteiger charge is 2.19. The van der Waals surface area contributed by atoms with Crippen molar-refractivity contribution in [2.45, 2.75) is 39.3 Å². The highest BCUT2D eigenvalue weighted by molar-refractivity contribution is 6.32. The van der Waals surface area contributed by atoms with Crippen LogP contribution < -0.4 is 15.8 Å². The van der Waals surface area contributed by atoms with E-state index in [4.69, 9.17) is 22.1 Å². The Morgan fingerprint density at radius 2 is 2.00 bits per heavy atom. The average Bonchev–Trinajstić information content (AvgIpc) is 2.45. The quantitative estimate of drug-likeness (QED) is 0.805. The van der Waals surface area contributed by atoms with Crippen molar-refractivity contribution in [1.29, 1.82) is 0 Å². The number of carbonyl (C=O) groups is 1. The molecule has 0 aliphatic carbocycles. The van der Waals surface area contributed by atoms with Gasteiger partial charge < -0.3 is 15.8 Å². The van der Waals surface area contributed by atoms with Gasteiger partial charge in [0.25, 0.3) is 0 Å². The van der Waals surface area contributed by atoms with Gasteiger partial charge in [0, 0.05) is 0 Å². The molecule has 0 saturated heterocycles. The molecule has 3 N–H and O–H groups in total. The number of hydrogen-bond donors (Lipinski definition) is 2. The number of nitrogens with one attached hydrogen (secondary N) is 1. The minimum atomic E-state index is -0.479. The molecule has 0 aliphatic heterocycles. The molecular weight excluding hydrogens is 311 g/mol. The van der Waals surface area contributed by atoms with Crippen LogP contribution in [0.3, 0.4) is 0 Å². The summed E-state index contributed by atoms with van der Waals surface area (Å²) in [5.41, 5.74) is 5.86. The van der Waals surface area contributed by atoms with Crippen LogP contribution in [0.1, 0.15) is 27.2 Å². The first kappa shape index (κ1) is 20.0. The molecule has 0 saturated carbocycles. The van der Waals surface area contributed by atoms with Gasteiger partial charge in [-0.3, -0.25) is 4.79 Å². The molecule has 6 heteroatoms. The van der Waals surface area contributed by atoms with Crippen LogP contribution >= 0.6 is 24.0 Å². The zero-order chi connectivity index (χ0) is 15.1. The second-order valence-corrected chi connectivity index (χ2v) is 5.42. The minimum Gasteiger partial charge on any atom is -0.487 e. The summed E-state index contributed by atoms with van der Waals surface area (Å²) >= 11 is 6.01. The van der Waals surface area contributed by atoms with Gasteiger partial charge in [-0.15, -0.1) is 12.4 Å². The van der Waals surface area contributed by atoms with Crippen LogP contribution in [0.4, 0.5) is 0 Å². The van der Waals surface area contributed by atoms with Crippen LogP contribution in [0, 0.1) is 5.92 Å². The largest absolute Gasteiger partial charge is 0.487 e. The Balaban J connectivity index is 0.00000400. The third kappa shape index (κ3) is 6.55. The number of halogens is 2. The maximum atomic E-state index is 11.8. The molecular formula is C15H24Cl2N2O2. The first-order valence-corrected chi connectivity index (χ1v) is 7.28. The molecule has 4 nitrogen and oxygen atoms in total. The van der Waals surface area contributed by atoms with E-state index in [2.05, 4.69) is 5.32 Å². The summed E-state index contributed by atoms with van der Waals surface area (Å²) in [6.07, 6.45) is 0.697. The second-order valence-electron chi connectivity index (χ2n) is 5.02. The van der Waals surface area contributed by atoms with Crippen LogP contribution in [0.2, 0.25) is 5.02 Å². The molecule has 21 heavy (non-hydrogen) atoms. The van der Waals surface area contributed by atoms with Crippen LogP contribution in [0.15, 0.2) is 24.3 Å².